The molecular weight excluding hydrogens is 208 g/mol. The van der Waals surface area contributed by atoms with Gasteiger partial charge in [0.1, 0.15) is 0 Å². The average molecular weight is 230 g/mol. The minimum absolute atomic E-state index is 0.152. The minimum atomic E-state index is 0.152. The van der Waals surface area contributed by atoms with Crippen molar-refractivity contribution in [2.24, 2.45) is 5.73 Å². The Balaban J connectivity index is 2.54. The average Bonchev–Trinajstić information content (AvgIpc) is 2.27. The second kappa shape index (κ2) is 6.44. The molecule has 0 spiro atoms. The van der Waals surface area contributed by atoms with Crippen molar-refractivity contribution >= 4 is 0 Å². The Bertz CT molecular complexity index is 388. The van der Waals surface area contributed by atoms with Crippen LogP contribution in [-0.4, -0.2) is 12.1 Å². The number of hydrogen-bond acceptors (Lipinski definition) is 2. The number of benzene rings is 1. The quantitative estimate of drug-likeness (QED) is 0.782. The number of nitrogens with one attached hydrogen (secondary N) is 1. The molecule has 0 saturated heterocycles. The lowest BCUT2D eigenvalue weighted by Crippen LogP contribution is -2.35. The normalized spacial score (nSPS) is 10.8. The number of rotatable bonds is 3. The molecule has 0 aliphatic rings. The minimum Gasteiger partial charge on any atom is -0.330 e. The molecule has 0 bridgehead atoms. The van der Waals surface area contributed by atoms with E-state index in [1.54, 1.807) is 0 Å². The van der Waals surface area contributed by atoms with Gasteiger partial charge in [0, 0.05) is 30.6 Å². The second-order valence-electron chi connectivity index (χ2n) is 5.14. The molecule has 0 amide bonds. The highest BCUT2D eigenvalue weighted by Crippen LogP contribution is 2.06. The third-order valence-corrected chi connectivity index (χ3v) is 2.28. The molecule has 0 atom stereocenters. The maximum atomic E-state index is 5.39. The predicted octanol–water partition coefficient (Wildman–Crippen LogP) is 2.28. The summed E-state index contributed by atoms with van der Waals surface area (Å²) in [5, 5.41) is 3.46. The smallest absolute Gasteiger partial charge is 0.0245 e. The first-order chi connectivity index (χ1) is 8.01. The van der Waals surface area contributed by atoms with Crippen molar-refractivity contribution in [1.29, 1.82) is 0 Å². The number of hydrogen-bond donors (Lipinski definition) is 2. The fraction of sp³-hybridized carbons (Fsp3) is 0.467. The topological polar surface area (TPSA) is 38.0 Å². The molecule has 0 radical (unpaired) electrons. The van der Waals surface area contributed by atoms with Crippen LogP contribution >= 0.6 is 0 Å². The van der Waals surface area contributed by atoms with E-state index >= 15 is 0 Å². The molecule has 1 aromatic rings. The van der Waals surface area contributed by atoms with Gasteiger partial charge in [0.15, 0.2) is 0 Å². The van der Waals surface area contributed by atoms with Gasteiger partial charge in [-0.05, 0) is 38.5 Å². The Hall–Kier alpha value is -1.30. The van der Waals surface area contributed by atoms with E-state index in [4.69, 9.17) is 5.73 Å². The lowest BCUT2D eigenvalue weighted by atomic mass is 10.1. The van der Waals surface area contributed by atoms with Gasteiger partial charge in [-0.2, -0.15) is 0 Å². The molecule has 0 fully saturated rings. The van der Waals surface area contributed by atoms with E-state index in [0.29, 0.717) is 6.54 Å². The van der Waals surface area contributed by atoms with E-state index in [9.17, 15) is 0 Å². The summed E-state index contributed by atoms with van der Waals surface area (Å²) in [5.74, 6) is 6.13. The van der Waals surface area contributed by atoms with Crippen molar-refractivity contribution < 1.29 is 0 Å². The fourth-order valence-electron chi connectivity index (χ4n) is 1.31. The Morgan fingerprint density at radius 1 is 1.18 bits per heavy atom. The second-order valence-corrected chi connectivity index (χ2v) is 5.14. The molecule has 1 aromatic carbocycles. The summed E-state index contributed by atoms with van der Waals surface area (Å²) in [5.41, 5.74) is 7.87. The molecule has 0 aliphatic carbocycles. The van der Waals surface area contributed by atoms with Crippen LogP contribution in [-0.2, 0) is 6.54 Å². The van der Waals surface area contributed by atoms with Crippen molar-refractivity contribution in [2.75, 3.05) is 6.54 Å². The Labute approximate surface area is 105 Å². The van der Waals surface area contributed by atoms with E-state index in [1.165, 1.54) is 5.56 Å². The van der Waals surface area contributed by atoms with Gasteiger partial charge >= 0.3 is 0 Å². The van der Waals surface area contributed by atoms with Gasteiger partial charge in [0.2, 0.25) is 0 Å². The van der Waals surface area contributed by atoms with Gasteiger partial charge in [0.05, 0.1) is 0 Å². The van der Waals surface area contributed by atoms with Crippen LogP contribution in [0.25, 0.3) is 0 Å². The zero-order chi connectivity index (χ0) is 12.7. The van der Waals surface area contributed by atoms with Crippen molar-refractivity contribution in [2.45, 2.75) is 39.3 Å². The van der Waals surface area contributed by atoms with E-state index in [1.807, 2.05) is 0 Å². The van der Waals surface area contributed by atoms with Crippen molar-refractivity contribution in [3.63, 3.8) is 0 Å². The van der Waals surface area contributed by atoms with Crippen LogP contribution < -0.4 is 11.1 Å². The molecular formula is C15H22N2. The monoisotopic (exact) mass is 230 g/mol. The maximum absolute atomic E-state index is 5.39. The molecule has 0 unspecified atom stereocenters. The molecule has 2 heteroatoms. The lowest BCUT2D eigenvalue weighted by molar-refractivity contribution is 0.424. The van der Waals surface area contributed by atoms with Crippen LogP contribution in [0.15, 0.2) is 24.3 Å². The van der Waals surface area contributed by atoms with Crippen LogP contribution in [0.4, 0.5) is 0 Å². The van der Waals surface area contributed by atoms with E-state index in [-0.39, 0.29) is 5.54 Å². The Morgan fingerprint density at radius 3 is 2.35 bits per heavy atom. The van der Waals surface area contributed by atoms with Crippen molar-refractivity contribution in [3.8, 4) is 11.8 Å². The SMILES string of the molecule is CC(C)(C)NCc1ccc(C#CCCN)cc1. The van der Waals surface area contributed by atoms with Crippen molar-refractivity contribution in [3.05, 3.63) is 35.4 Å². The van der Waals surface area contributed by atoms with Gasteiger partial charge in [0.25, 0.3) is 0 Å². The third-order valence-electron chi connectivity index (χ3n) is 2.28. The Morgan fingerprint density at radius 2 is 1.82 bits per heavy atom. The van der Waals surface area contributed by atoms with Crippen LogP contribution in [0.1, 0.15) is 38.3 Å². The third kappa shape index (κ3) is 6.11. The van der Waals surface area contributed by atoms with E-state index < -0.39 is 0 Å². The summed E-state index contributed by atoms with van der Waals surface area (Å²) in [6, 6.07) is 8.35. The lowest BCUT2D eigenvalue weighted by Gasteiger charge is -2.20. The molecule has 0 aliphatic heterocycles. The highest BCUT2D eigenvalue weighted by atomic mass is 14.9. The molecule has 0 heterocycles. The standard InChI is InChI=1S/C15H22N2/c1-15(2,3)17-12-14-9-7-13(8-10-14)6-4-5-11-16/h7-10,17H,5,11-12,16H2,1-3H3. The number of nitrogens with two attached hydrogens (primary N) is 1. The van der Waals surface area contributed by atoms with E-state index in [2.05, 4.69) is 62.2 Å². The van der Waals surface area contributed by atoms with Crippen molar-refractivity contribution in [1.82, 2.24) is 5.32 Å². The summed E-state index contributed by atoms with van der Waals surface area (Å²) in [4.78, 5) is 0. The molecule has 17 heavy (non-hydrogen) atoms. The van der Waals surface area contributed by atoms with Gasteiger partial charge in [-0.3, -0.25) is 0 Å². The van der Waals surface area contributed by atoms with Crippen LogP contribution in [0.2, 0.25) is 0 Å². The first kappa shape index (κ1) is 13.8. The molecule has 2 nitrogen and oxygen atoms in total. The van der Waals surface area contributed by atoms with Gasteiger partial charge in [-0.15, -0.1) is 0 Å². The van der Waals surface area contributed by atoms with E-state index in [0.717, 1.165) is 18.5 Å². The summed E-state index contributed by atoms with van der Waals surface area (Å²) in [7, 11) is 0. The largest absolute Gasteiger partial charge is 0.330 e. The Kier molecular flexibility index (Phi) is 5.21. The van der Waals surface area contributed by atoms with Gasteiger partial charge in [-0.25, -0.2) is 0 Å². The fourth-order valence-corrected chi connectivity index (χ4v) is 1.31. The maximum Gasteiger partial charge on any atom is 0.0245 e. The van der Waals surface area contributed by atoms with Crippen LogP contribution in [0.5, 0.6) is 0 Å². The first-order valence-electron chi connectivity index (χ1n) is 6.04. The zero-order valence-electron chi connectivity index (χ0n) is 11.0. The predicted molar refractivity (Wildman–Crippen MR) is 73.6 cm³/mol. The molecule has 92 valence electrons. The summed E-state index contributed by atoms with van der Waals surface area (Å²) < 4.78 is 0. The van der Waals surface area contributed by atoms with Gasteiger partial charge in [-0.1, -0.05) is 24.0 Å². The molecule has 0 aromatic heterocycles. The first-order valence-corrected chi connectivity index (χ1v) is 6.04. The highest BCUT2D eigenvalue weighted by Gasteiger charge is 2.07. The van der Waals surface area contributed by atoms with Crippen LogP contribution in [0, 0.1) is 11.8 Å². The zero-order valence-corrected chi connectivity index (χ0v) is 11.0. The highest BCUT2D eigenvalue weighted by molar-refractivity contribution is 5.36. The molecule has 1 rings (SSSR count). The summed E-state index contributed by atoms with van der Waals surface area (Å²) in [6.07, 6.45) is 0.757. The summed E-state index contributed by atoms with van der Waals surface area (Å²) >= 11 is 0. The summed E-state index contributed by atoms with van der Waals surface area (Å²) in [6.45, 7) is 8.01. The molecule has 0 saturated carbocycles. The van der Waals surface area contributed by atoms with Crippen LogP contribution in [0.3, 0.4) is 0 Å². The molecule has 3 N–H and O–H groups in total. The van der Waals surface area contributed by atoms with Gasteiger partial charge < -0.3 is 11.1 Å².